The molecule has 0 fully saturated rings. The highest BCUT2D eigenvalue weighted by Crippen LogP contribution is 2.11. The number of anilines is 1. The second kappa shape index (κ2) is 7.01. The fourth-order valence-corrected chi connectivity index (χ4v) is 1.52. The number of hydrogen-bond acceptors (Lipinski definition) is 2. The highest BCUT2D eigenvalue weighted by atomic mass is 35.5. The summed E-state index contributed by atoms with van der Waals surface area (Å²) in [5.41, 5.74) is 1.63. The second-order valence-electron chi connectivity index (χ2n) is 4.15. The summed E-state index contributed by atoms with van der Waals surface area (Å²) in [5.74, 6) is 0.248. The van der Waals surface area contributed by atoms with Gasteiger partial charge < -0.3 is 10.2 Å². The van der Waals surface area contributed by atoms with Crippen LogP contribution in [0.3, 0.4) is 0 Å². The summed E-state index contributed by atoms with van der Waals surface area (Å²) in [7, 11) is 3.45. The van der Waals surface area contributed by atoms with E-state index in [1.54, 1.807) is 31.1 Å². The summed E-state index contributed by atoms with van der Waals surface area (Å²) < 4.78 is 0. The number of halogens is 1. The molecule has 1 rings (SSSR count). The summed E-state index contributed by atoms with van der Waals surface area (Å²) in [4.78, 5) is 24.4. The van der Waals surface area contributed by atoms with Crippen molar-refractivity contribution in [1.82, 2.24) is 4.90 Å². The molecule has 0 bridgehead atoms. The largest absolute Gasteiger partial charge is 0.349 e. The van der Waals surface area contributed by atoms with Crippen molar-refractivity contribution < 1.29 is 9.59 Å². The lowest BCUT2D eigenvalue weighted by molar-refractivity contribution is -0.128. The molecule has 5 heteroatoms. The van der Waals surface area contributed by atoms with Crippen molar-refractivity contribution in [3.63, 3.8) is 0 Å². The van der Waals surface area contributed by atoms with Gasteiger partial charge in [0.15, 0.2) is 0 Å². The molecule has 0 saturated carbocycles. The topological polar surface area (TPSA) is 49.4 Å². The van der Waals surface area contributed by atoms with Crippen LogP contribution in [0.2, 0.25) is 0 Å². The number of rotatable bonds is 5. The van der Waals surface area contributed by atoms with Crippen LogP contribution in [-0.2, 0) is 16.0 Å². The fraction of sp³-hybridized carbons (Fsp3) is 0.385. The third-order valence-electron chi connectivity index (χ3n) is 2.41. The molecule has 18 heavy (non-hydrogen) atoms. The Balaban J connectivity index is 2.57. The van der Waals surface area contributed by atoms with E-state index in [4.69, 9.17) is 11.6 Å². The molecule has 0 saturated heterocycles. The molecule has 0 aromatic heterocycles. The number of hydrogen-bond donors (Lipinski definition) is 1. The minimum Gasteiger partial charge on any atom is -0.349 e. The van der Waals surface area contributed by atoms with Gasteiger partial charge in [0.1, 0.15) is 0 Å². The van der Waals surface area contributed by atoms with Crippen LogP contribution in [0.1, 0.15) is 12.0 Å². The maximum atomic E-state index is 11.5. The van der Waals surface area contributed by atoms with Crippen LogP contribution in [0.5, 0.6) is 0 Å². The van der Waals surface area contributed by atoms with Gasteiger partial charge in [0.2, 0.25) is 11.8 Å². The summed E-state index contributed by atoms with van der Waals surface area (Å²) in [6, 6.07) is 7.23. The Hall–Kier alpha value is -1.55. The van der Waals surface area contributed by atoms with E-state index in [-0.39, 0.29) is 11.8 Å². The van der Waals surface area contributed by atoms with Crippen LogP contribution in [0, 0.1) is 0 Å². The van der Waals surface area contributed by atoms with Gasteiger partial charge in [-0.05, 0) is 17.7 Å². The standard InChI is InChI=1S/C13H17ClN2O2/c1-16(2)13(18)9-10-3-5-11(6-4-10)15-12(17)7-8-14/h3-6H,7-9H2,1-2H3,(H,15,17). The number of amides is 2. The lowest BCUT2D eigenvalue weighted by Gasteiger charge is -2.10. The van der Waals surface area contributed by atoms with Crippen molar-refractivity contribution in [3.05, 3.63) is 29.8 Å². The molecule has 0 aliphatic heterocycles. The second-order valence-corrected chi connectivity index (χ2v) is 4.53. The van der Waals surface area contributed by atoms with E-state index >= 15 is 0 Å². The van der Waals surface area contributed by atoms with Crippen molar-refractivity contribution in [3.8, 4) is 0 Å². The Morgan fingerprint density at radius 1 is 1.22 bits per heavy atom. The molecule has 0 radical (unpaired) electrons. The Labute approximate surface area is 112 Å². The van der Waals surface area contributed by atoms with Gasteiger partial charge >= 0.3 is 0 Å². The van der Waals surface area contributed by atoms with Crippen LogP contribution in [-0.4, -0.2) is 36.7 Å². The first-order valence-electron chi connectivity index (χ1n) is 5.68. The molecule has 1 N–H and O–H groups in total. The summed E-state index contributed by atoms with van der Waals surface area (Å²) >= 11 is 5.47. The molecule has 0 heterocycles. The number of alkyl halides is 1. The molecular formula is C13H17ClN2O2. The normalized spacial score (nSPS) is 9.94. The van der Waals surface area contributed by atoms with E-state index in [0.717, 1.165) is 5.56 Å². The first-order chi connectivity index (χ1) is 8.52. The van der Waals surface area contributed by atoms with Gasteiger partial charge in [0.25, 0.3) is 0 Å². The number of nitrogens with zero attached hydrogens (tertiary/aromatic N) is 1. The summed E-state index contributed by atoms with van der Waals surface area (Å²) in [5, 5.41) is 2.73. The molecule has 0 aliphatic carbocycles. The lowest BCUT2D eigenvalue weighted by Crippen LogP contribution is -2.23. The van der Waals surface area contributed by atoms with Crippen molar-refractivity contribution in [1.29, 1.82) is 0 Å². The number of nitrogens with one attached hydrogen (secondary N) is 1. The monoisotopic (exact) mass is 268 g/mol. The quantitative estimate of drug-likeness (QED) is 0.829. The smallest absolute Gasteiger partial charge is 0.226 e. The Kier molecular flexibility index (Phi) is 5.65. The maximum absolute atomic E-state index is 11.5. The Bertz CT molecular complexity index is 416. The first kappa shape index (κ1) is 14.5. The van der Waals surface area contributed by atoms with Gasteiger partial charge in [0.05, 0.1) is 6.42 Å². The van der Waals surface area contributed by atoms with Gasteiger partial charge in [-0.25, -0.2) is 0 Å². The molecule has 4 nitrogen and oxygen atoms in total. The van der Waals surface area contributed by atoms with Gasteiger partial charge in [-0.1, -0.05) is 12.1 Å². The highest BCUT2D eigenvalue weighted by molar-refractivity contribution is 6.19. The molecule has 0 aliphatic rings. The van der Waals surface area contributed by atoms with Crippen molar-refractivity contribution in [2.45, 2.75) is 12.8 Å². The predicted molar refractivity (Wildman–Crippen MR) is 72.8 cm³/mol. The number of carbonyl (C=O) groups is 2. The zero-order chi connectivity index (χ0) is 13.5. The average Bonchev–Trinajstić information content (AvgIpc) is 2.31. The van der Waals surface area contributed by atoms with Gasteiger partial charge in [0, 0.05) is 32.1 Å². The first-order valence-corrected chi connectivity index (χ1v) is 6.21. The molecule has 0 atom stereocenters. The zero-order valence-corrected chi connectivity index (χ0v) is 11.3. The van der Waals surface area contributed by atoms with E-state index in [2.05, 4.69) is 5.32 Å². The van der Waals surface area contributed by atoms with Crippen LogP contribution >= 0.6 is 11.6 Å². The predicted octanol–water partition coefficient (Wildman–Crippen LogP) is 1.88. The third-order valence-corrected chi connectivity index (χ3v) is 2.60. The molecule has 1 aromatic carbocycles. The minimum absolute atomic E-state index is 0.0499. The highest BCUT2D eigenvalue weighted by Gasteiger charge is 2.06. The van der Waals surface area contributed by atoms with E-state index in [9.17, 15) is 9.59 Å². The van der Waals surface area contributed by atoms with Crippen molar-refractivity contribution in [2.24, 2.45) is 0 Å². The fourth-order valence-electron chi connectivity index (χ4n) is 1.35. The van der Waals surface area contributed by atoms with E-state index in [0.29, 0.717) is 24.4 Å². The van der Waals surface area contributed by atoms with Crippen molar-refractivity contribution >= 4 is 29.1 Å². The molecule has 0 spiro atoms. The Morgan fingerprint density at radius 2 is 1.83 bits per heavy atom. The van der Waals surface area contributed by atoms with Crippen LogP contribution in [0.25, 0.3) is 0 Å². The summed E-state index contributed by atoms with van der Waals surface area (Å²) in [6.07, 6.45) is 0.658. The van der Waals surface area contributed by atoms with E-state index in [1.807, 2.05) is 12.1 Å². The van der Waals surface area contributed by atoms with Crippen LogP contribution in [0.15, 0.2) is 24.3 Å². The van der Waals surface area contributed by atoms with Gasteiger partial charge in [-0.3, -0.25) is 9.59 Å². The van der Waals surface area contributed by atoms with Gasteiger partial charge in [-0.15, -0.1) is 11.6 Å². The van der Waals surface area contributed by atoms with Gasteiger partial charge in [-0.2, -0.15) is 0 Å². The van der Waals surface area contributed by atoms with E-state index in [1.165, 1.54) is 0 Å². The molecular weight excluding hydrogens is 252 g/mol. The van der Waals surface area contributed by atoms with Crippen LogP contribution in [0.4, 0.5) is 5.69 Å². The van der Waals surface area contributed by atoms with Crippen LogP contribution < -0.4 is 5.32 Å². The molecule has 0 unspecified atom stereocenters. The van der Waals surface area contributed by atoms with E-state index < -0.39 is 0 Å². The average molecular weight is 269 g/mol. The molecule has 1 aromatic rings. The summed E-state index contributed by atoms with van der Waals surface area (Å²) in [6.45, 7) is 0. The Morgan fingerprint density at radius 3 is 2.33 bits per heavy atom. The zero-order valence-electron chi connectivity index (χ0n) is 10.6. The number of benzene rings is 1. The number of carbonyl (C=O) groups excluding carboxylic acids is 2. The number of likely N-dealkylation sites (N-methyl/N-ethyl adjacent to an activating group) is 1. The van der Waals surface area contributed by atoms with Crippen molar-refractivity contribution in [2.75, 3.05) is 25.3 Å². The molecule has 2 amide bonds. The molecule has 98 valence electrons. The minimum atomic E-state index is -0.109. The third kappa shape index (κ3) is 4.75. The lowest BCUT2D eigenvalue weighted by atomic mass is 10.1. The maximum Gasteiger partial charge on any atom is 0.226 e. The SMILES string of the molecule is CN(C)C(=O)Cc1ccc(NC(=O)CCCl)cc1.